The number of aryl methyl sites for hydroxylation is 1. The first kappa shape index (κ1) is 11.2. The number of hydrogen-bond donors (Lipinski definition) is 1. The monoisotopic (exact) mass is 200 g/mol. The maximum Gasteiger partial charge on any atom is 0.187 e. The number of aliphatic hydroxyl groups is 1. The average molecular weight is 200 g/mol. The Morgan fingerprint density at radius 3 is 2.57 bits per heavy atom. The van der Waals surface area contributed by atoms with Crippen LogP contribution < -0.4 is 0 Å². The Balaban J connectivity index is 2.72. The van der Waals surface area contributed by atoms with E-state index in [0.717, 1.165) is 6.54 Å². The molecule has 1 N–H and O–H groups in total. The van der Waals surface area contributed by atoms with Crippen LogP contribution in [0.3, 0.4) is 0 Å². The highest BCUT2D eigenvalue weighted by molar-refractivity contribution is 5.08. The maximum absolute atomic E-state index is 9.79. The third kappa shape index (κ3) is 2.31. The van der Waals surface area contributed by atoms with Crippen LogP contribution >= 0.6 is 0 Å². The summed E-state index contributed by atoms with van der Waals surface area (Å²) in [6, 6.07) is 0. The minimum absolute atomic E-state index is 0.649. The number of hydrogen-bond acceptors (Lipinski definition) is 4. The van der Waals surface area contributed by atoms with E-state index in [1.165, 1.54) is 14.2 Å². The average Bonchev–Trinajstić information content (AvgIpc) is 2.67. The number of rotatable bonds is 5. The van der Waals surface area contributed by atoms with Crippen molar-refractivity contribution in [2.75, 3.05) is 14.2 Å². The topological polar surface area (TPSA) is 56.5 Å². The maximum atomic E-state index is 9.79. The van der Waals surface area contributed by atoms with Gasteiger partial charge in [-0.15, -0.1) is 0 Å². The van der Waals surface area contributed by atoms with Gasteiger partial charge < -0.3 is 14.6 Å². The molecular weight excluding hydrogens is 184 g/mol. The molecule has 1 unspecified atom stereocenters. The molecule has 1 atom stereocenters. The van der Waals surface area contributed by atoms with E-state index < -0.39 is 12.4 Å². The molecule has 0 aliphatic heterocycles. The highest BCUT2D eigenvalue weighted by atomic mass is 16.7. The summed E-state index contributed by atoms with van der Waals surface area (Å²) in [6.45, 7) is 2.75. The van der Waals surface area contributed by atoms with Crippen molar-refractivity contribution in [3.05, 3.63) is 18.0 Å². The summed E-state index contributed by atoms with van der Waals surface area (Å²) >= 11 is 0. The van der Waals surface area contributed by atoms with Crippen molar-refractivity contribution >= 4 is 0 Å². The molecule has 5 nitrogen and oxygen atoms in total. The number of ether oxygens (including phenoxy) is 2. The fraction of sp³-hybridized carbons (Fsp3) is 0.667. The molecule has 5 heteroatoms. The molecule has 1 aromatic rings. The van der Waals surface area contributed by atoms with Crippen molar-refractivity contribution in [1.29, 1.82) is 0 Å². The molecule has 0 spiro atoms. The molecule has 0 saturated carbocycles. The molecule has 1 heterocycles. The van der Waals surface area contributed by atoms with Crippen LogP contribution in [0.5, 0.6) is 0 Å². The van der Waals surface area contributed by atoms with Crippen LogP contribution in [0, 0.1) is 0 Å². The van der Waals surface area contributed by atoms with E-state index >= 15 is 0 Å². The molecule has 0 radical (unpaired) electrons. The lowest BCUT2D eigenvalue weighted by atomic mass is 10.2. The lowest BCUT2D eigenvalue weighted by Crippen LogP contribution is -2.22. The predicted molar refractivity (Wildman–Crippen MR) is 50.7 cm³/mol. The van der Waals surface area contributed by atoms with Gasteiger partial charge in [0.1, 0.15) is 6.10 Å². The Hall–Kier alpha value is -0.910. The molecule has 80 valence electrons. The Bertz CT molecular complexity index is 271. The normalized spacial score (nSPS) is 13.5. The van der Waals surface area contributed by atoms with Gasteiger partial charge in [0.25, 0.3) is 0 Å². The van der Waals surface area contributed by atoms with Crippen LogP contribution in [0.2, 0.25) is 0 Å². The quantitative estimate of drug-likeness (QED) is 0.705. The SMILES string of the molecule is CCn1cc(C(O)C(OC)OC)cn1. The largest absolute Gasteiger partial charge is 0.383 e. The Morgan fingerprint density at radius 2 is 2.14 bits per heavy atom. The van der Waals surface area contributed by atoms with Crippen molar-refractivity contribution in [2.45, 2.75) is 25.9 Å². The third-order valence-corrected chi connectivity index (χ3v) is 2.04. The smallest absolute Gasteiger partial charge is 0.187 e. The fourth-order valence-corrected chi connectivity index (χ4v) is 1.22. The first-order chi connectivity index (χ1) is 6.72. The van der Waals surface area contributed by atoms with Gasteiger partial charge in [-0.2, -0.15) is 5.10 Å². The number of aliphatic hydroxyl groups excluding tert-OH is 1. The minimum Gasteiger partial charge on any atom is -0.383 e. The molecule has 0 aliphatic carbocycles. The summed E-state index contributed by atoms with van der Waals surface area (Å²) in [5.74, 6) is 0. The van der Waals surface area contributed by atoms with Gasteiger partial charge in [0.15, 0.2) is 6.29 Å². The highest BCUT2D eigenvalue weighted by Gasteiger charge is 2.21. The van der Waals surface area contributed by atoms with Gasteiger partial charge in [0.05, 0.1) is 6.20 Å². The molecule has 0 amide bonds. The number of nitrogens with zero attached hydrogens (tertiary/aromatic N) is 2. The van der Waals surface area contributed by atoms with E-state index in [1.807, 2.05) is 6.92 Å². The second kappa shape index (κ2) is 5.09. The lowest BCUT2D eigenvalue weighted by Gasteiger charge is -2.18. The van der Waals surface area contributed by atoms with E-state index in [9.17, 15) is 5.11 Å². The summed E-state index contributed by atoms with van der Waals surface area (Å²) in [5, 5.41) is 13.8. The summed E-state index contributed by atoms with van der Waals surface area (Å²) in [5.41, 5.74) is 0.695. The Labute approximate surface area is 83.2 Å². The van der Waals surface area contributed by atoms with Gasteiger partial charge in [-0.3, -0.25) is 4.68 Å². The molecular formula is C9H16N2O3. The summed E-state index contributed by atoms with van der Waals surface area (Å²) in [7, 11) is 2.98. The zero-order valence-electron chi connectivity index (χ0n) is 8.67. The van der Waals surface area contributed by atoms with Gasteiger partial charge in [-0.1, -0.05) is 0 Å². The van der Waals surface area contributed by atoms with Crippen LogP contribution in [0.25, 0.3) is 0 Å². The molecule has 0 fully saturated rings. The van der Waals surface area contributed by atoms with Crippen molar-refractivity contribution in [2.24, 2.45) is 0 Å². The van der Waals surface area contributed by atoms with Gasteiger partial charge in [0.2, 0.25) is 0 Å². The standard InChI is InChI=1S/C9H16N2O3/c1-4-11-6-7(5-10-11)8(12)9(13-2)14-3/h5-6,8-9,12H,4H2,1-3H3. The minimum atomic E-state index is -0.801. The van der Waals surface area contributed by atoms with E-state index in [-0.39, 0.29) is 0 Å². The molecule has 0 aromatic carbocycles. The molecule has 1 aromatic heterocycles. The van der Waals surface area contributed by atoms with Gasteiger partial charge in [0, 0.05) is 32.5 Å². The van der Waals surface area contributed by atoms with Crippen molar-refractivity contribution in [1.82, 2.24) is 9.78 Å². The van der Waals surface area contributed by atoms with Crippen molar-refractivity contribution < 1.29 is 14.6 Å². The first-order valence-corrected chi connectivity index (χ1v) is 4.49. The first-order valence-electron chi connectivity index (χ1n) is 4.49. The molecule has 0 aliphatic rings. The van der Waals surface area contributed by atoms with Crippen LogP contribution in [0.15, 0.2) is 12.4 Å². The van der Waals surface area contributed by atoms with E-state index in [0.29, 0.717) is 5.56 Å². The van der Waals surface area contributed by atoms with Crippen LogP contribution in [0.1, 0.15) is 18.6 Å². The molecule has 1 rings (SSSR count). The predicted octanol–water partition coefficient (Wildman–Crippen LogP) is 0.555. The fourth-order valence-electron chi connectivity index (χ4n) is 1.22. The highest BCUT2D eigenvalue weighted by Crippen LogP contribution is 2.18. The Kier molecular flexibility index (Phi) is 4.06. The van der Waals surface area contributed by atoms with E-state index in [1.54, 1.807) is 17.1 Å². The van der Waals surface area contributed by atoms with Crippen molar-refractivity contribution in [3.63, 3.8) is 0 Å². The lowest BCUT2D eigenvalue weighted by molar-refractivity contribution is -0.166. The zero-order chi connectivity index (χ0) is 10.6. The van der Waals surface area contributed by atoms with E-state index in [2.05, 4.69) is 5.10 Å². The van der Waals surface area contributed by atoms with E-state index in [4.69, 9.17) is 9.47 Å². The molecule has 14 heavy (non-hydrogen) atoms. The molecule has 0 saturated heterocycles. The second-order valence-corrected chi connectivity index (χ2v) is 2.91. The summed E-state index contributed by atoms with van der Waals surface area (Å²) in [4.78, 5) is 0. The van der Waals surface area contributed by atoms with Gasteiger partial charge >= 0.3 is 0 Å². The second-order valence-electron chi connectivity index (χ2n) is 2.91. The van der Waals surface area contributed by atoms with Crippen LogP contribution in [0.4, 0.5) is 0 Å². The summed E-state index contributed by atoms with van der Waals surface area (Å²) in [6.07, 6.45) is 1.93. The molecule has 0 bridgehead atoms. The third-order valence-electron chi connectivity index (χ3n) is 2.04. The zero-order valence-corrected chi connectivity index (χ0v) is 8.67. The van der Waals surface area contributed by atoms with Gasteiger partial charge in [-0.05, 0) is 6.92 Å². The Morgan fingerprint density at radius 1 is 1.50 bits per heavy atom. The number of methoxy groups -OCH3 is 2. The van der Waals surface area contributed by atoms with Crippen LogP contribution in [-0.4, -0.2) is 35.4 Å². The summed E-state index contributed by atoms with van der Waals surface area (Å²) < 4.78 is 11.6. The number of aromatic nitrogens is 2. The van der Waals surface area contributed by atoms with Gasteiger partial charge in [-0.25, -0.2) is 0 Å². The van der Waals surface area contributed by atoms with Crippen LogP contribution in [-0.2, 0) is 16.0 Å². The van der Waals surface area contributed by atoms with Crippen molar-refractivity contribution in [3.8, 4) is 0 Å².